The highest BCUT2D eigenvalue weighted by molar-refractivity contribution is 9.14. The first kappa shape index (κ1) is 19.6. The van der Waals surface area contributed by atoms with E-state index in [1.165, 1.54) is 0 Å². The first-order valence-corrected chi connectivity index (χ1v) is 8.15. The molecule has 6 heteroatoms. The minimum atomic E-state index is -0.242. The van der Waals surface area contributed by atoms with Gasteiger partial charge in [-0.2, -0.15) is 0 Å². The summed E-state index contributed by atoms with van der Waals surface area (Å²) in [7, 11) is 0. The maximum absolute atomic E-state index is 11.4. The summed E-state index contributed by atoms with van der Waals surface area (Å²) in [5.74, 6) is 0.0551. The Bertz CT molecular complexity index is 328. The highest BCUT2D eigenvalue weighted by atomic mass is 79.9. The van der Waals surface area contributed by atoms with Crippen molar-refractivity contribution in [3.63, 3.8) is 0 Å². The first-order chi connectivity index (χ1) is 9.22. The van der Waals surface area contributed by atoms with Crippen LogP contribution < -0.4 is 0 Å². The van der Waals surface area contributed by atoms with Crippen LogP contribution in [0.5, 0.6) is 0 Å². The Kier molecular flexibility index (Phi) is 10.2. The predicted molar refractivity (Wildman–Crippen MR) is 85.7 cm³/mol. The number of halogens is 2. The zero-order valence-electron chi connectivity index (χ0n) is 12.4. The highest BCUT2D eigenvalue weighted by Crippen LogP contribution is 2.19. The van der Waals surface area contributed by atoms with Crippen molar-refractivity contribution in [2.24, 2.45) is 11.8 Å². The van der Waals surface area contributed by atoms with E-state index in [2.05, 4.69) is 31.9 Å². The van der Waals surface area contributed by atoms with Gasteiger partial charge in [0.25, 0.3) is 0 Å². The third-order valence-corrected chi connectivity index (χ3v) is 4.11. The van der Waals surface area contributed by atoms with Gasteiger partial charge in [0.1, 0.15) is 13.2 Å². The monoisotopic (exact) mass is 412 g/mol. The van der Waals surface area contributed by atoms with E-state index < -0.39 is 0 Å². The molecule has 0 aromatic heterocycles. The summed E-state index contributed by atoms with van der Waals surface area (Å²) in [6.07, 6.45) is 0.780. The van der Waals surface area contributed by atoms with E-state index in [0.29, 0.717) is 21.8 Å². The zero-order valence-corrected chi connectivity index (χ0v) is 15.5. The molecule has 0 amide bonds. The molecule has 0 rings (SSSR count). The maximum atomic E-state index is 11.4. The smallest absolute Gasteiger partial charge is 0.306 e. The summed E-state index contributed by atoms with van der Waals surface area (Å²) in [5, 5.41) is 0. The van der Waals surface area contributed by atoms with Gasteiger partial charge in [0.2, 0.25) is 0 Å². The van der Waals surface area contributed by atoms with Crippen LogP contribution >= 0.6 is 31.9 Å². The Balaban J connectivity index is 4.12. The van der Waals surface area contributed by atoms with Gasteiger partial charge in [-0.15, -0.1) is 0 Å². The molecule has 0 aliphatic rings. The van der Waals surface area contributed by atoms with Crippen molar-refractivity contribution in [2.45, 2.75) is 40.5 Å². The second kappa shape index (κ2) is 10.4. The normalized spacial score (nSPS) is 12.4. The SMILES string of the molecule is CC(C)CC(=O)OC/C(Br)=C(\Br)COC(=O)CC(C)C. The van der Waals surface area contributed by atoms with Gasteiger partial charge in [-0.1, -0.05) is 59.6 Å². The van der Waals surface area contributed by atoms with Crippen LogP contribution in [-0.2, 0) is 19.1 Å². The van der Waals surface area contributed by atoms with E-state index in [9.17, 15) is 9.59 Å². The Labute approximate surface area is 137 Å². The Morgan fingerprint density at radius 3 is 1.35 bits per heavy atom. The Morgan fingerprint density at radius 1 is 0.800 bits per heavy atom. The van der Waals surface area contributed by atoms with Crippen molar-refractivity contribution in [2.75, 3.05) is 13.2 Å². The number of hydrogen-bond donors (Lipinski definition) is 0. The molecule has 20 heavy (non-hydrogen) atoms. The van der Waals surface area contributed by atoms with Gasteiger partial charge in [0, 0.05) is 21.8 Å². The molecule has 0 bridgehead atoms. The van der Waals surface area contributed by atoms with Crippen LogP contribution in [-0.4, -0.2) is 25.2 Å². The molecule has 0 N–H and O–H groups in total. The fraction of sp³-hybridized carbons (Fsp3) is 0.714. The summed E-state index contributed by atoms with van der Waals surface area (Å²) in [6.45, 7) is 8.08. The summed E-state index contributed by atoms with van der Waals surface area (Å²) in [4.78, 5) is 22.8. The van der Waals surface area contributed by atoms with Gasteiger partial charge in [0.05, 0.1) is 0 Å². The molecule has 0 saturated carbocycles. The summed E-state index contributed by atoms with van der Waals surface area (Å²) >= 11 is 6.61. The average Bonchev–Trinajstić information content (AvgIpc) is 2.31. The molecule has 0 unspecified atom stereocenters. The molecule has 0 fully saturated rings. The molecule has 0 aromatic carbocycles. The van der Waals surface area contributed by atoms with E-state index in [4.69, 9.17) is 9.47 Å². The second-order valence-corrected chi connectivity index (χ2v) is 7.24. The van der Waals surface area contributed by atoms with Crippen LogP contribution in [0.1, 0.15) is 40.5 Å². The molecule has 0 atom stereocenters. The predicted octanol–water partition coefficient (Wildman–Crippen LogP) is 4.17. The maximum Gasteiger partial charge on any atom is 0.306 e. The van der Waals surface area contributed by atoms with Crippen molar-refractivity contribution in [1.29, 1.82) is 0 Å². The first-order valence-electron chi connectivity index (χ1n) is 6.56. The molecule has 0 aromatic rings. The quantitative estimate of drug-likeness (QED) is 0.560. The molecule has 4 nitrogen and oxygen atoms in total. The molecule has 0 saturated heterocycles. The lowest BCUT2D eigenvalue weighted by Crippen LogP contribution is -2.11. The van der Waals surface area contributed by atoms with Crippen LogP contribution in [0, 0.1) is 11.8 Å². The van der Waals surface area contributed by atoms with Crippen molar-refractivity contribution in [1.82, 2.24) is 0 Å². The third-order valence-electron chi connectivity index (χ3n) is 2.16. The Morgan fingerprint density at radius 2 is 1.10 bits per heavy atom. The van der Waals surface area contributed by atoms with Crippen molar-refractivity contribution < 1.29 is 19.1 Å². The average molecular weight is 414 g/mol. The minimum Gasteiger partial charge on any atom is -0.460 e. The van der Waals surface area contributed by atoms with E-state index in [0.717, 1.165) is 0 Å². The lowest BCUT2D eigenvalue weighted by molar-refractivity contribution is -0.144. The van der Waals surface area contributed by atoms with Gasteiger partial charge in [-0.3, -0.25) is 9.59 Å². The van der Waals surface area contributed by atoms with E-state index in [1.54, 1.807) is 0 Å². The van der Waals surface area contributed by atoms with Crippen LogP contribution in [0.25, 0.3) is 0 Å². The number of hydrogen-bond acceptors (Lipinski definition) is 4. The van der Waals surface area contributed by atoms with Gasteiger partial charge < -0.3 is 9.47 Å². The topological polar surface area (TPSA) is 52.6 Å². The summed E-state index contributed by atoms with van der Waals surface area (Å²) in [6, 6.07) is 0. The van der Waals surface area contributed by atoms with Crippen LogP contribution in [0.2, 0.25) is 0 Å². The molecular formula is C14H22Br2O4. The molecule has 116 valence electrons. The largest absolute Gasteiger partial charge is 0.460 e. The zero-order chi connectivity index (χ0) is 15.7. The molecule has 0 heterocycles. The highest BCUT2D eigenvalue weighted by Gasteiger charge is 2.11. The van der Waals surface area contributed by atoms with Crippen LogP contribution in [0.15, 0.2) is 8.96 Å². The molecular weight excluding hydrogens is 392 g/mol. The number of rotatable bonds is 8. The standard InChI is InChI=1S/C14H22Br2O4/c1-9(2)5-13(17)19-7-11(15)12(16)8-20-14(18)6-10(3)4/h9-10H,5-8H2,1-4H3/b12-11+. The lowest BCUT2D eigenvalue weighted by atomic mass is 10.1. The summed E-state index contributed by atoms with van der Waals surface area (Å²) in [5.41, 5.74) is 0. The van der Waals surface area contributed by atoms with E-state index in [1.807, 2.05) is 27.7 Å². The van der Waals surface area contributed by atoms with Gasteiger partial charge in [-0.05, 0) is 11.8 Å². The van der Waals surface area contributed by atoms with Crippen molar-refractivity contribution in [3.8, 4) is 0 Å². The molecule has 0 aliphatic heterocycles. The fourth-order valence-corrected chi connectivity index (χ4v) is 1.69. The number of carbonyl (C=O) groups excluding carboxylic acids is 2. The molecule has 0 radical (unpaired) electrons. The van der Waals surface area contributed by atoms with E-state index >= 15 is 0 Å². The van der Waals surface area contributed by atoms with Gasteiger partial charge in [-0.25, -0.2) is 0 Å². The van der Waals surface area contributed by atoms with Crippen molar-refractivity contribution in [3.05, 3.63) is 8.96 Å². The molecule has 0 spiro atoms. The Hall–Kier alpha value is -0.360. The second-order valence-electron chi connectivity index (χ2n) is 5.33. The minimum absolute atomic E-state index is 0.133. The van der Waals surface area contributed by atoms with Gasteiger partial charge in [0.15, 0.2) is 0 Å². The number of esters is 2. The van der Waals surface area contributed by atoms with Crippen LogP contribution in [0.4, 0.5) is 0 Å². The van der Waals surface area contributed by atoms with Crippen LogP contribution in [0.3, 0.4) is 0 Å². The fourth-order valence-electron chi connectivity index (χ4n) is 1.23. The third kappa shape index (κ3) is 10.4. The van der Waals surface area contributed by atoms with Gasteiger partial charge >= 0.3 is 11.9 Å². The molecule has 0 aliphatic carbocycles. The van der Waals surface area contributed by atoms with E-state index in [-0.39, 0.29) is 37.0 Å². The number of carbonyl (C=O) groups is 2. The van der Waals surface area contributed by atoms with Crippen molar-refractivity contribution >= 4 is 43.8 Å². The lowest BCUT2D eigenvalue weighted by Gasteiger charge is -2.09. The number of ether oxygens (including phenoxy) is 2. The summed E-state index contributed by atoms with van der Waals surface area (Å²) < 4.78 is 11.5.